The van der Waals surface area contributed by atoms with Crippen LogP contribution in [0.5, 0.6) is 0 Å². The lowest BCUT2D eigenvalue weighted by Gasteiger charge is -2.13. The molecule has 5 nitrogen and oxygen atoms in total. The molecule has 0 saturated carbocycles. The molecule has 5 heteroatoms. The van der Waals surface area contributed by atoms with Crippen LogP contribution in [0.3, 0.4) is 0 Å². The maximum Gasteiger partial charge on any atom is 0.339 e. The maximum absolute atomic E-state index is 11.9. The number of esters is 1. The molecule has 0 aliphatic heterocycles. The summed E-state index contributed by atoms with van der Waals surface area (Å²) in [5, 5.41) is 4.26. The first-order chi connectivity index (χ1) is 12.1. The Balaban J connectivity index is 1.85. The fraction of sp³-hybridized carbons (Fsp3) is 0.200. The predicted molar refractivity (Wildman–Crippen MR) is 102 cm³/mol. The van der Waals surface area contributed by atoms with Gasteiger partial charge in [-0.3, -0.25) is 4.98 Å². The minimum absolute atomic E-state index is 0.349. The Labute approximate surface area is 147 Å². The van der Waals surface area contributed by atoms with E-state index in [4.69, 9.17) is 4.74 Å². The zero-order valence-electron chi connectivity index (χ0n) is 14.6. The molecule has 1 aromatic heterocycles. The Morgan fingerprint density at radius 3 is 2.48 bits per heavy atom. The van der Waals surface area contributed by atoms with Crippen LogP contribution in [-0.2, 0) is 4.74 Å². The second kappa shape index (κ2) is 7.21. The first kappa shape index (κ1) is 16.8. The summed E-state index contributed by atoms with van der Waals surface area (Å²) in [5.74, 6) is -0.352. The normalized spacial score (nSPS) is 10.5. The molecule has 3 aromatic rings. The smallest absolute Gasteiger partial charge is 0.339 e. The Hall–Kier alpha value is -3.08. The Bertz CT molecular complexity index is 889. The highest BCUT2D eigenvalue weighted by molar-refractivity contribution is 5.94. The van der Waals surface area contributed by atoms with Gasteiger partial charge in [-0.1, -0.05) is 0 Å². The van der Waals surface area contributed by atoms with Crippen LogP contribution in [0, 0.1) is 0 Å². The molecule has 0 amide bonds. The number of hydrogen-bond acceptors (Lipinski definition) is 5. The van der Waals surface area contributed by atoms with Gasteiger partial charge in [-0.25, -0.2) is 4.79 Å². The summed E-state index contributed by atoms with van der Waals surface area (Å²) in [6, 6.07) is 15.9. The fourth-order valence-electron chi connectivity index (χ4n) is 2.54. The molecule has 25 heavy (non-hydrogen) atoms. The lowest BCUT2D eigenvalue weighted by atomic mass is 10.1. The van der Waals surface area contributed by atoms with Crippen LogP contribution < -0.4 is 10.2 Å². The average molecular weight is 335 g/mol. The third-order valence-electron chi connectivity index (χ3n) is 3.86. The number of fused-ring (bicyclic) bond motifs is 1. The number of nitrogens with zero attached hydrogens (tertiary/aromatic N) is 2. The molecular weight excluding hydrogens is 314 g/mol. The molecule has 128 valence electrons. The molecule has 3 rings (SSSR count). The van der Waals surface area contributed by atoms with E-state index in [9.17, 15) is 4.79 Å². The van der Waals surface area contributed by atoms with Gasteiger partial charge in [-0.05, 0) is 55.5 Å². The maximum atomic E-state index is 11.9. The van der Waals surface area contributed by atoms with Crippen LogP contribution in [0.2, 0.25) is 0 Å². The van der Waals surface area contributed by atoms with E-state index in [1.807, 2.05) is 44.4 Å². The van der Waals surface area contributed by atoms with E-state index >= 15 is 0 Å². The number of ether oxygens (including phenoxy) is 1. The van der Waals surface area contributed by atoms with Crippen molar-refractivity contribution in [2.24, 2.45) is 0 Å². The van der Waals surface area contributed by atoms with E-state index in [1.54, 1.807) is 19.2 Å². The van der Waals surface area contributed by atoms with E-state index < -0.39 is 0 Å². The van der Waals surface area contributed by atoms with Crippen LogP contribution in [0.1, 0.15) is 17.3 Å². The van der Waals surface area contributed by atoms with E-state index in [-0.39, 0.29) is 5.97 Å². The van der Waals surface area contributed by atoms with Gasteiger partial charge in [0.15, 0.2) is 0 Å². The standard InChI is InChI=1S/C20H21N3O2/c1-4-25-20(24)15-11-14-12-17(7-10-19(14)21-13-15)22-16-5-8-18(9-6-16)23(2)3/h5-13,22H,4H2,1-3H3. The Morgan fingerprint density at radius 1 is 1.08 bits per heavy atom. The first-order valence-electron chi connectivity index (χ1n) is 8.18. The van der Waals surface area contributed by atoms with Crippen LogP contribution in [-0.4, -0.2) is 31.7 Å². The van der Waals surface area contributed by atoms with Gasteiger partial charge in [0.2, 0.25) is 0 Å². The topological polar surface area (TPSA) is 54.5 Å². The van der Waals surface area contributed by atoms with Crippen molar-refractivity contribution in [2.45, 2.75) is 6.92 Å². The Morgan fingerprint density at radius 2 is 1.80 bits per heavy atom. The minimum Gasteiger partial charge on any atom is -0.462 e. The van der Waals surface area contributed by atoms with Crippen molar-refractivity contribution in [3.05, 3.63) is 60.3 Å². The molecule has 1 N–H and O–H groups in total. The Kier molecular flexibility index (Phi) is 4.84. The summed E-state index contributed by atoms with van der Waals surface area (Å²) in [5.41, 5.74) is 4.38. The summed E-state index contributed by atoms with van der Waals surface area (Å²) in [7, 11) is 4.03. The van der Waals surface area contributed by atoms with Crippen LogP contribution >= 0.6 is 0 Å². The summed E-state index contributed by atoms with van der Waals surface area (Å²) in [4.78, 5) is 18.3. The highest BCUT2D eigenvalue weighted by Crippen LogP contribution is 2.23. The molecule has 0 aliphatic rings. The molecule has 0 saturated heterocycles. The number of hydrogen-bond donors (Lipinski definition) is 1. The molecule has 0 aliphatic carbocycles. The fourth-order valence-corrected chi connectivity index (χ4v) is 2.54. The minimum atomic E-state index is -0.352. The third kappa shape index (κ3) is 3.88. The summed E-state index contributed by atoms with van der Waals surface area (Å²) >= 11 is 0. The number of aromatic nitrogens is 1. The quantitative estimate of drug-likeness (QED) is 0.708. The lowest BCUT2D eigenvalue weighted by Crippen LogP contribution is -2.08. The molecule has 0 radical (unpaired) electrons. The molecule has 0 bridgehead atoms. The van der Waals surface area contributed by atoms with Gasteiger partial charge in [0.25, 0.3) is 0 Å². The molecule has 0 atom stereocenters. The highest BCUT2D eigenvalue weighted by Gasteiger charge is 2.08. The number of carbonyl (C=O) groups excluding carboxylic acids is 1. The number of nitrogens with one attached hydrogen (secondary N) is 1. The second-order valence-corrected chi connectivity index (χ2v) is 5.92. The molecule has 0 unspecified atom stereocenters. The summed E-state index contributed by atoms with van der Waals surface area (Å²) < 4.78 is 5.03. The van der Waals surface area contributed by atoms with Gasteiger partial charge in [-0.15, -0.1) is 0 Å². The molecule has 2 aromatic carbocycles. The van der Waals surface area contributed by atoms with Gasteiger partial charge in [0.1, 0.15) is 0 Å². The van der Waals surface area contributed by atoms with Crippen molar-refractivity contribution in [1.82, 2.24) is 4.98 Å². The van der Waals surface area contributed by atoms with E-state index in [0.717, 1.165) is 28.0 Å². The largest absolute Gasteiger partial charge is 0.462 e. The van der Waals surface area contributed by atoms with Crippen LogP contribution in [0.4, 0.5) is 17.1 Å². The van der Waals surface area contributed by atoms with Gasteiger partial charge in [-0.2, -0.15) is 0 Å². The number of pyridine rings is 1. The highest BCUT2D eigenvalue weighted by atomic mass is 16.5. The predicted octanol–water partition coefficient (Wildman–Crippen LogP) is 4.22. The van der Waals surface area contributed by atoms with Crippen molar-refractivity contribution >= 4 is 33.9 Å². The average Bonchev–Trinajstić information content (AvgIpc) is 2.62. The van der Waals surface area contributed by atoms with Gasteiger partial charge in [0.05, 0.1) is 17.7 Å². The van der Waals surface area contributed by atoms with Crippen molar-refractivity contribution in [3.63, 3.8) is 0 Å². The van der Waals surface area contributed by atoms with Crippen molar-refractivity contribution in [2.75, 3.05) is 30.9 Å². The first-order valence-corrected chi connectivity index (χ1v) is 8.18. The summed E-state index contributed by atoms with van der Waals surface area (Å²) in [6.07, 6.45) is 1.55. The molecular formula is C20H21N3O2. The third-order valence-corrected chi connectivity index (χ3v) is 3.86. The monoisotopic (exact) mass is 335 g/mol. The van der Waals surface area contributed by atoms with Gasteiger partial charge in [0, 0.05) is 42.7 Å². The SMILES string of the molecule is CCOC(=O)c1cnc2ccc(Nc3ccc(N(C)C)cc3)cc2c1. The van der Waals surface area contributed by atoms with Crippen molar-refractivity contribution < 1.29 is 9.53 Å². The zero-order chi connectivity index (χ0) is 17.8. The van der Waals surface area contributed by atoms with Gasteiger partial charge >= 0.3 is 5.97 Å². The second-order valence-electron chi connectivity index (χ2n) is 5.92. The van der Waals surface area contributed by atoms with E-state index in [2.05, 4.69) is 27.3 Å². The van der Waals surface area contributed by atoms with Crippen LogP contribution in [0.25, 0.3) is 10.9 Å². The summed E-state index contributed by atoms with van der Waals surface area (Å²) in [6.45, 7) is 2.14. The number of carbonyl (C=O) groups is 1. The number of rotatable bonds is 5. The molecule has 0 spiro atoms. The van der Waals surface area contributed by atoms with Crippen molar-refractivity contribution in [3.8, 4) is 0 Å². The number of anilines is 3. The van der Waals surface area contributed by atoms with Crippen LogP contribution in [0.15, 0.2) is 54.7 Å². The van der Waals surface area contributed by atoms with Crippen molar-refractivity contribution in [1.29, 1.82) is 0 Å². The van der Waals surface area contributed by atoms with E-state index in [1.165, 1.54) is 0 Å². The molecule has 0 fully saturated rings. The molecule has 1 heterocycles. The van der Waals surface area contributed by atoms with E-state index in [0.29, 0.717) is 12.2 Å². The zero-order valence-corrected chi connectivity index (χ0v) is 14.6. The lowest BCUT2D eigenvalue weighted by molar-refractivity contribution is 0.0526. The van der Waals surface area contributed by atoms with Gasteiger partial charge < -0.3 is 15.0 Å². The number of benzene rings is 2.